The number of halogens is 2. The molecule has 0 fully saturated rings. The van der Waals surface area contributed by atoms with E-state index in [-0.39, 0.29) is 12.3 Å². The van der Waals surface area contributed by atoms with Crippen LogP contribution in [0.1, 0.15) is 31.2 Å². The van der Waals surface area contributed by atoms with Crippen molar-refractivity contribution in [1.29, 1.82) is 0 Å². The van der Waals surface area contributed by atoms with E-state index in [0.29, 0.717) is 12.0 Å². The van der Waals surface area contributed by atoms with Gasteiger partial charge in [0.1, 0.15) is 11.6 Å². The van der Waals surface area contributed by atoms with Crippen LogP contribution in [0, 0.1) is 11.6 Å². The predicted octanol–water partition coefficient (Wildman–Crippen LogP) is 2.33. The summed E-state index contributed by atoms with van der Waals surface area (Å²) in [5, 5.41) is 0. The van der Waals surface area contributed by atoms with Crippen LogP contribution in [0.4, 0.5) is 8.78 Å². The molecule has 82 valence electrons. The largest absolute Gasteiger partial charge is 0.370 e. The Morgan fingerprint density at radius 1 is 1.33 bits per heavy atom. The van der Waals surface area contributed by atoms with E-state index in [9.17, 15) is 13.6 Å². The maximum Gasteiger partial charge on any atom is 0.218 e. The second-order valence-electron chi connectivity index (χ2n) is 3.48. The van der Waals surface area contributed by atoms with Gasteiger partial charge in [0.2, 0.25) is 5.91 Å². The third kappa shape index (κ3) is 3.31. The van der Waals surface area contributed by atoms with Crippen LogP contribution >= 0.6 is 0 Å². The maximum atomic E-state index is 12.9. The van der Waals surface area contributed by atoms with Gasteiger partial charge in [-0.05, 0) is 30.0 Å². The van der Waals surface area contributed by atoms with Gasteiger partial charge in [-0.25, -0.2) is 8.78 Å². The Morgan fingerprint density at radius 3 is 2.27 bits per heavy atom. The van der Waals surface area contributed by atoms with Gasteiger partial charge in [0, 0.05) is 12.5 Å². The Bertz CT molecular complexity index is 345. The second kappa shape index (κ2) is 4.87. The summed E-state index contributed by atoms with van der Waals surface area (Å²) >= 11 is 0. The van der Waals surface area contributed by atoms with Crippen molar-refractivity contribution >= 4 is 5.91 Å². The lowest BCUT2D eigenvalue weighted by atomic mass is 9.93. The highest BCUT2D eigenvalue weighted by Crippen LogP contribution is 2.24. The highest BCUT2D eigenvalue weighted by molar-refractivity contribution is 5.74. The quantitative estimate of drug-likeness (QED) is 0.819. The van der Waals surface area contributed by atoms with E-state index in [4.69, 9.17) is 5.73 Å². The topological polar surface area (TPSA) is 43.1 Å². The van der Waals surface area contributed by atoms with Crippen molar-refractivity contribution in [2.24, 2.45) is 5.73 Å². The van der Waals surface area contributed by atoms with Crippen molar-refractivity contribution in [2.75, 3.05) is 0 Å². The zero-order valence-corrected chi connectivity index (χ0v) is 8.47. The van der Waals surface area contributed by atoms with Gasteiger partial charge < -0.3 is 5.73 Å². The number of benzene rings is 1. The van der Waals surface area contributed by atoms with E-state index in [2.05, 4.69) is 0 Å². The van der Waals surface area contributed by atoms with E-state index < -0.39 is 17.5 Å². The predicted molar refractivity (Wildman–Crippen MR) is 53.2 cm³/mol. The average Bonchev–Trinajstić information content (AvgIpc) is 2.12. The molecule has 1 rings (SSSR count). The molecule has 0 saturated heterocycles. The Morgan fingerprint density at radius 2 is 1.87 bits per heavy atom. The number of carbonyl (C=O) groups is 1. The number of nitrogens with two attached hydrogens (primary N) is 1. The molecule has 0 saturated carbocycles. The smallest absolute Gasteiger partial charge is 0.218 e. The van der Waals surface area contributed by atoms with E-state index in [1.807, 2.05) is 6.92 Å². The Balaban J connectivity index is 2.95. The number of amides is 1. The number of carbonyl (C=O) groups excluding carboxylic acids is 1. The highest BCUT2D eigenvalue weighted by atomic mass is 19.1. The Hall–Kier alpha value is -1.45. The third-order valence-electron chi connectivity index (χ3n) is 2.30. The molecular formula is C11H13F2NO. The van der Waals surface area contributed by atoms with Crippen molar-refractivity contribution in [3.8, 4) is 0 Å². The van der Waals surface area contributed by atoms with Crippen LogP contribution in [-0.2, 0) is 4.79 Å². The van der Waals surface area contributed by atoms with Crippen LogP contribution < -0.4 is 5.73 Å². The van der Waals surface area contributed by atoms with E-state index >= 15 is 0 Å². The molecule has 4 heteroatoms. The zero-order valence-electron chi connectivity index (χ0n) is 8.47. The lowest BCUT2D eigenvalue weighted by molar-refractivity contribution is -0.118. The second-order valence-corrected chi connectivity index (χ2v) is 3.48. The van der Waals surface area contributed by atoms with Gasteiger partial charge in [0.25, 0.3) is 0 Å². The standard InChI is InChI=1S/C11H13F2NO/c1-2-7(5-11(14)15)8-3-9(12)6-10(13)4-8/h3-4,6-7H,2,5H2,1H3,(H2,14,15). The molecule has 0 aliphatic heterocycles. The lowest BCUT2D eigenvalue weighted by Crippen LogP contribution is -2.15. The van der Waals surface area contributed by atoms with Crippen LogP contribution in [0.5, 0.6) is 0 Å². The first-order valence-electron chi connectivity index (χ1n) is 4.77. The summed E-state index contributed by atoms with van der Waals surface area (Å²) in [6.45, 7) is 1.84. The van der Waals surface area contributed by atoms with Gasteiger partial charge in [-0.3, -0.25) is 4.79 Å². The van der Waals surface area contributed by atoms with Gasteiger partial charge in [-0.2, -0.15) is 0 Å². The molecule has 0 aromatic heterocycles. The van der Waals surface area contributed by atoms with Crippen molar-refractivity contribution in [1.82, 2.24) is 0 Å². The van der Waals surface area contributed by atoms with E-state index in [1.165, 1.54) is 12.1 Å². The average molecular weight is 213 g/mol. The fourth-order valence-electron chi connectivity index (χ4n) is 1.55. The van der Waals surface area contributed by atoms with Crippen molar-refractivity contribution < 1.29 is 13.6 Å². The fourth-order valence-corrected chi connectivity index (χ4v) is 1.55. The lowest BCUT2D eigenvalue weighted by Gasteiger charge is -2.13. The summed E-state index contributed by atoms with van der Waals surface area (Å²) in [6, 6.07) is 3.28. The summed E-state index contributed by atoms with van der Waals surface area (Å²) in [5.41, 5.74) is 5.54. The van der Waals surface area contributed by atoms with Gasteiger partial charge in [-0.15, -0.1) is 0 Å². The summed E-state index contributed by atoms with van der Waals surface area (Å²) in [5.74, 6) is -1.94. The molecule has 0 radical (unpaired) electrons. The Labute approximate surface area is 87.1 Å². The summed E-state index contributed by atoms with van der Waals surface area (Å²) < 4.78 is 25.8. The molecule has 0 bridgehead atoms. The number of rotatable bonds is 4. The van der Waals surface area contributed by atoms with Crippen molar-refractivity contribution in [2.45, 2.75) is 25.7 Å². The minimum Gasteiger partial charge on any atom is -0.370 e. The highest BCUT2D eigenvalue weighted by Gasteiger charge is 2.14. The molecule has 15 heavy (non-hydrogen) atoms. The summed E-state index contributed by atoms with van der Waals surface area (Å²) in [6.07, 6.45) is 0.727. The molecule has 1 amide bonds. The van der Waals surface area contributed by atoms with E-state index in [0.717, 1.165) is 6.07 Å². The SMILES string of the molecule is CCC(CC(N)=O)c1cc(F)cc(F)c1. The van der Waals surface area contributed by atoms with Crippen LogP contribution in [0.15, 0.2) is 18.2 Å². The molecule has 0 aliphatic rings. The van der Waals surface area contributed by atoms with Gasteiger partial charge in [0.15, 0.2) is 0 Å². The molecule has 1 atom stereocenters. The molecule has 0 spiro atoms. The first-order valence-corrected chi connectivity index (χ1v) is 4.77. The van der Waals surface area contributed by atoms with Crippen LogP contribution in [0.3, 0.4) is 0 Å². The number of primary amides is 1. The van der Waals surface area contributed by atoms with Gasteiger partial charge in [0.05, 0.1) is 0 Å². The normalized spacial score (nSPS) is 12.5. The Kier molecular flexibility index (Phi) is 3.77. The molecule has 2 nitrogen and oxygen atoms in total. The maximum absolute atomic E-state index is 12.9. The number of hydrogen-bond acceptors (Lipinski definition) is 1. The van der Waals surface area contributed by atoms with Crippen LogP contribution in [0.2, 0.25) is 0 Å². The van der Waals surface area contributed by atoms with Crippen molar-refractivity contribution in [3.05, 3.63) is 35.4 Å². The molecule has 1 unspecified atom stereocenters. The number of hydrogen-bond donors (Lipinski definition) is 1. The summed E-state index contributed by atoms with van der Waals surface area (Å²) in [4.78, 5) is 10.7. The zero-order chi connectivity index (χ0) is 11.4. The fraction of sp³-hybridized carbons (Fsp3) is 0.364. The van der Waals surface area contributed by atoms with Crippen LogP contribution in [-0.4, -0.2) is 5.91 Å². The van der Waals surface area contributed by atoms with Crippen LogP contribution in [0.25, 0.3) is 0 Å². The van der Waals surface area contributed by atoms with Gasteiger partial charge >= 0.3 is 0 Å². The molecule has 1 aromatic carbocycles. The molecule has 0 heterocycles. The first-order chi connectivity index (χ1) is 7.02. The minimum absolute atomic E-state index is 0.111. The minimum atomic E-state index is -0.632. The van der Waals surface area contributed by atoms with E-state index in [1.54, 1.807) is 0 Å². The third-order valence-corrected chi connectivity index (χ3v) is 2.30. The van der Waals surface area contributed by atoms with Gasteiger partial charge in [-0.1, -0.05) is 6.92 Å². The molecule has 1 aromatic rings. The monoisotopic (exact) mass is 213 g/mol. The van der Waals surface area contributed by atoms with Crippen molar-refractivity contribution in [3.63, 3.8) is 0 Å². The summed E-state index contributed by atoms with van der Waals surface area (Å²) in [7, 11) is 0. The molecule has 2 N–H and O–H groups in total. The molecule has 0 aliphatic carbocycles. The molecular weight excluding hydrogens is 200 g/mol. The first kappa shape index (κ1) is 11.6.